The van der Waals surface area contributed by atoms with Gasteiger partial charge in [-0.15, -0.1) is 0 Å². The topological polar surface area (TPSA) is 73.9 Å². The van der Waals surface area contributed by atoms with Gasteiger partial charge in [-0.3, -0.25) is 0 Å². The van der Waals surface area contributed by atoms with Crippen molar-refractivity contribution in [2.75, 3.05) is 19.0 Å². The molecule has 0 aromatic heterocycles. The number of benzene rings is 2. The molecule has 0 heterocycles. The highest BCUT2D eigenvalue weighted by Crippen LogP contribution is 2.25. The third-order valence-corrected chi connectivity index (χ3v) is 3.78. The molecule has 0 saturated heterocycles. The van der Waals surface area contributed by atoms with Gasteiger partial charge in [0.2, 0.25) is 0 Å². The van der Waals surface area contributed by atoms with Crippen LogP contribution in [0.15, 0.2) is 42.5 Å². The standard InChI is InChI=1S/C19H20ClNO5/c1-4-25-18(22)12(2)26-15-8-5-13(6-9-15)21-14-7-10-17(20)16(11-14)19(23)24-3/h5-12,21H,4H2,1-3H3. The van der Waals surface area contributed by atoms with Crippen molar-refractivity contribution in [2.24, 2.45) is 0 Å². The Bertz CT molecular complexity index is 776. The van der Waals surface area contributed by atoms with Crippen LogP contribution in [-0.2, 0) is 14.3 Å². The van der Waals surface area contributed by atoms with E-state index in [1.54, 1.807) is 56.3 Å². The van der Waals surface area contributed by atoms with E-state index in [0.29, 0.717) is 23.1 Å². The molecule has 2 aromatic rings. The fourth-order valence-corrected chi connectivity index (χ4v) is 2.36. The summed E-state index contributed by atoms with van der Waals surface area (Å²) in [4.78, 5) is 23.3. The summed E-state index contributed by atoms with van der Waals surface area (Å²) in [5, 5.41) is 3.48. The smallest absolute Gasteiger partial charge is 0.347 e. The first-order valence-corrected chi connectivity index (χ1v) is 8.40. The SMILES string of the molecule is CCOC(=O)C(C)Oc1ccc(Nc2ccc(Cl)c(C(=O)OC)c2)cc1. The van der Waals surface area contributed by atoms with Crippen molar-refractivity contribution in [3.05, 3.63) is 53.1 Å². The molecule has 0 amide bonds. The predicted octanol–water partition coefficient (Wildman–Crippen LogP) is 4.20. The zero-order valence-corrected chi connectivity index (χ0v) is 15.5. The molecule has 0 aliphatic rings. The third kappa shape index (κ3) is 5.13. The maximum absolute atomic E-state index is 11.7. The zero-order valence-electron chi connectivity index (χ0n) is 14.7. The third-order valence-electron chi connectivity index (χ3n) is 3.45. The van der Waals surface area contributed by atoms with Gasteiger partial charge in [0, 0.05) is 11.4 Å². The van der Waals surface area contributed by atoms with Gasteiger partial charge in [-0.1, -0.05) is 11.6 Å². The number of rotatable bonds is 7. The van der Waals surface area contributed by atoms with Crippen LogP contribution in [0.3, 0.4) is 0 Å². The van der Waals surface area contributed by atoms with Crippen molar-refractivity contribution >= 4 is 34.9 Å². The minimum atomic E-state index is -0.687. The summed E-state index contributed by atoms with van der Waals surface area (Å²) in [5.41, 5.74) is 1.74. The first kappa shape index (κ1) is 19.6. The first-order valence-electron chi connectivity index (χ1n) is 8.02. The largest absolute Gasteiger partial charge is 0.479 e. The van der Waals surface area contributed by atoms with Crippen LogP contribution in [0.5, 0.6) is 5.75 Å². The highest BCUT2D eigenvalue weighted by molar-refractivity contribution is 6.33. The minimum absolute atomic E-state index is 0.280. The molecule has 26 heavy (non-hydrogen) atoms. The number of nitrogens with one attached hydrogen (secondary N) is 1. The summed E-state index contributed by atoms with van der Waals surface area (Å²) in [5.74, 6) is -0.371. The Morgan fingerprint density at radius 1 is 1.12 bits per heavy atom. The lowest BCUT2D eigenvalue weighted by Gasteiger charge is -2.14. The Morgan fingerprint density at radius 3 is 2.38 bits per heavy atom. The van der Waals surface area contributed by atoms with Crippen LogP contribution in [0.4, 0.5) is 11.4 Å². The second-order valence-electron chi connectivity index (χ2n) is 5.35. The van der Waals surface area contributed by atoms with Gasteiger partial charge in [0.15, 0.2) is 6.10 Å². The molecule has 0 saturated carbocycles. The molecule has 2 rings (SSSR count). The molecule has 0 spiro atoms. The fraction of sp³-hybridized carbons (Fsp3) is 0.263. The lowest BCUT2D eigenvalue weighted by Crippen LogP contribution is -2.25. The van der Waals surface area contributed by atoms with Gasteiger partial charge in [-0.2, -0.15) is 0 Å². The predicted molar refractivity (Wildman–Crippen MR) is 99.2 cm³/mol. The van der Waals surface area contributed by atoms with Gasteiger partial charge in [0.1, 0.15) is 5.75 Å². The van der Waals surface area contributed by atoms with Gasteiger partial charge in [-0.25, -0.2) is 9.59 Å². The van der Waals surface area contributed by atoms with Crippen molar-refractivity contribution in [3.8, 4) is 5.75 Å². The number of methoxy groups -OCH3 is 1. The number of anilines is 2. The average Bonchev–Trinajstić information content (AvgIpc) is 2.64. The van der Waals surface area contributed by atoms with E-state index < -0.39 is 18.0 Å². The van der Waals surface area contributed by atoms with Crippen LogP contribution < -0.4 is 10.1 Å². The van der Waals surface area contributed by atoms with Gasteiger partial charge < -0.3 is 19.5 Å². The molecule has 0 radical (unpaired) electrons. The molecule has 7 heteroatoms. The highest BCUT2D eigenvalue weighted by Gasteiger charge is 2.15. The van der Waals surface area contributed by atoms with Crippen LogP contribution in [-0.4, -0.2) is 31.8 Å². The second kappa shape index (κ2) is 9.10. The number of halogens is 1. The Kier molecular flexibility index (Phi) is 6.86. The normalized spacial score (nSPS) is 11.4. The fourth-order valence-electron chi connectivity index (χ4n) is 2.16. The Labute approximate surface area is 157 Å². The maximum Gasteiger partial charge on any atom is 0.347 e. The molecular weight excluding hydrogens is 358 g/mol. The number of hydrogen-bond acceptors (Lipinski definition) is 6. The van der Waals surface area contributed by atoms with E-state index in [-0.39, 0.29) is 5.56 Å². The number of carbonyl (C=O) groups is 2. The summed E-state index contributed by atoms with van der Waals surface area (Å²) in [6, 6.07) is 12.0. The summed E-state index contributed by atoms with van der Waals surface area (Å²) >= 11 is 6.01. The lowest BCUT2D eigenvalue weighted by atomic mass is 10.2. The number of carbonyl (C=O) groups excluding carboxylic acids is 2. The van der Waals surface area contributed by atoms with Crippen molar-refractivity contribution in [2.45, 2.75) is 20.0 Å². The van der Waals surface area contributed by atoms with E-state index in [4.69, 9.17) is 25.8 Å². The van der Waals surface area contributed by atoms with Gasteiger partial charge in [0.05, 0.1) is 24.3 Å². The first-order chi connectivity index (χ1) is 12.4. The van der Waals surface area contributed by atoms with Gasteiger partial charge in [-0.05, 0) is 56.3 Å². The molecule has 1 atom stereocenters. The Balaban J connectivity index is 2.05. The molecule has 0 aliphatic heterocycles. The van der Waals surface area contributed by atoms with Crippen LogP contribution in [0, 0.1) is 0 Å². The van der Waals surface area contributed by atoms with E-state index in [2.05, 4.69) is 5.32 Å². The van der Waals surface area contributed by atoms with Crippen molar-refractivity contribution in [1.82, 2.24) is 0 Å². The Hall–Kier alpha value is -2.73. The van der Waals surface area contributed by atoms with Gasteiger partial charge in [0.25, 0.3) is 0 Å². The van der Waals surface area contributed by atoms with E-state index in [1.807, 2.05) is 0 Å². The monoisotopic (exact) mass is 377 g/mol. The molecular formula is C19H20ClNO5. The molecule has 0 fully saturated rings. The summed E-state index contributed by atoms with van der Waals surface area (Å²) in [6.07, 6.45) is -0.687. The summed E-state index contributed by atoms with van der Waals surface area (Å²) in [6.45, 7) is 3.68. The quantitative estimate of drug-likeness (QED) is 0.729. The van der Waals surface area contributed by atoms with Crippen molar-refractivity contribution < 1.29 is 23.8 Å². The Morgan fingerprint density at radius 2 is 1.77 bits per heavy atom. The average molecular weight is 378 g/mol. The lowest BCUT2D eigenvalue weighted by molar-refractivity contribution is -0.150. The van der Waals surface area contributed by atoms with Crippen molar-refractivity contribution in [1.29, 1.82) is 0 Å². The molecule has 2 aromatic carbocycles. The summed E-state index contributed by atoms with van der Waals surface area (Å²) < 4.78 is 15.1. The summed E-state index contributed by atoms with van der Waals surface area (Å²) in [7, 11) is 1.30. The zero-order chi connectivity index (χ0) is 19.1. The van der Waals surface area contributed by atoms with E-state index in [9.17, 15) is 9.59 Å². The molecule has 6 nitrogen and oxygen atoms in total. The molecule has 1 N–H and O–H groups in total. The molecule has 0 bridgehead atoms. The van der Waals surface area contributed by atoms with Gasteiger partial charge >= 0.3 is 11.9 Å². The van der Waals surface area contributed by atoms with Crippen LogP contribution in [0.1, 0.15) is 24.2 Å². The molecule has 138 valence electrons. The highest BCUT2D eigenvalue weighted by atomic mass is 35.5. The van der Waals surface area contributed by atoms with Crippen LogP contribution in [0.25, 0.3) is 0 Å². The minimum Gasteiger partial charge on any atom is -0.479 e. The van der Waals surface area contributed by atoms with Crippen molar-refractivity contribution in [3.63, 3.8) is 0 Å². The number of ether oxygens (including phenoxy) is 3. The van der Waals surface area contributed by atoms with E-state index in [1.165, 1.54) is 7.11 Å². The van der Waals surface area contributed by atoms with E-state index >= 15 is 0 Å². The van der Waals surface area contributed by atoms with E-state index in [0.717, 1.165) is 5.69 Å². The number of esters is 2. The number of hydrogen-bond donors (Lipinski definition) is 1. The maximum atomic E-state index is 11.7. The van der Waals surface area contributed by atoms with Crippen LogP contribution in [0.2, 0.25) is 5.02 Å². The molecule has 1 unspecified atom stereocenters. The molecule has 0 aliphatic carbocycles. The van der Waals surface area contributed by atoms with Crippen LogP contribution >= 0.6 is 11.6 Å². The second-order valence-corrected chi connectivity index (χ2v) is 5.75.